The first-order valence-corrected chi connectivity index (χ1v) is 13.9. The number of amides is 4. The van der Waals surface area contributed by atoms with E-state index in [1.165, 1.54) is 65.2 Å². The van der Waals surface area contributed by atoms with Gasteiger partial charge in [0.2, 0.25) is 11.8 Å². The fourth-order valence-corrected chi connectivity index (χ4v) is 6.69. The Balaban J connectivity index is 1.30. The molecule has 2 aliphatic rings. The first-order chi connectivity index (χ1) is 20.0. The summed E-state index contributed by atoms with van der Waals surface area (Å²) in [6.45, 7) is 3.47. The molecule has 12 heteroatoms. The number of carbonyl (C=O) groups is 5. The highest BCUT2D eigenvalue weighted by molar-refractivity contribution is 8.01. The van der Waals surface area contributed by atoms with Gasteiger partial charge in [-0.2, -0.15) is 0 Å². The molecule has 1 unspecified atom stereocenters. The number of hydrogen-bond donors (Lipinski definition) is 5. The summed E-state index contributed by atoms with van der Waals surface area (Å²) in [5, 5.41) is 26.9. The number of hydrogen-bond acceptors (Lipinski definition) is 7. The van der Waals surface area contributed by atoms with Gasteiger partial charge < -0.3 is 31.1 Å². The van der Waals surface area contributed by atoms with Gasteiger partial charge in [-0.25, -0.2) is 4.79 Å². The number of para-hydroxylation sites is 1. The van der Waals surface area contributed by atoms with Gasteiger partial charge in [-0.05, 0) is 67.9 Å². The molecule has 2 saturated heterocycles. The van der Waals surface area contributed by atoms with Gasteiger partial charge in [-0.1, -0.05) is 30.3 Å². The van der Waals surface area contributed by atoms with Crippen molar-refractivity contribution in [2.24, 2.45) is 0 Å². The highest BCUT2D eigenvalue weighted by Crippen LogP contribution is 2.50. The number of phenolic OH excluding ortho intramolecular Hbond substituents is 1. The number of aliphatic carboxylic acids is 1. The maximum atomic E-state index is 13.5. The second-order valence-electron chi connectivity index (χ2n) is 10.5. The van der Waals surface area contributed by atoms with E-state index in [1.54, 1.807) is 38.1 Å². The zero-order valence-corrected chi connectivity index (χ0v) is 23.4. The number of nitrogens with zero attached hydrogens (tertiary/aromatic N) is 1. The van der Waals surface area contributed by atoms with Gasteiger partial charge in [0.05, 0.1) is 0 Å². The summed E-state index contributed by atoms with van der Waals surface area (Å²) in [4.78, 5) is 65.3. The highest BCUT2D eigenvalue weighted by atomic mass is 32.2. The number of rotatable bonds is 8. The van der Waals surface area contributed by atoms with E-state index in [2.05, 4.69) is 16.0 Å². The van der Waals surface area contributed by atoms with Crippen molar-refractivity contribution in [3.8, 4) is 5.75 Å². The van der Waals surface area contributed by atoms with Crippen molar-refractivity contribution in [1.82, 2.24) is 15.5 Å². The second-order valence-corrected chi connectivity index (χ2v) is 12.3. The van der Waals surface area contributed by atoms with Crippen molar-refractivity contribution in [3.63, 3.8) is 0 Å². The van der Waals surface area contributed by atoms with Crippen molar-refractivity contribution in [1.29, 1.82) is 0 Å². The molecule has 4 amide bonds. The lowest BCUT2D eigenvalue weighted by atomic mass is 9.95. The maximum absolute atomic E-state index is 13.5. The number of β-lactam (4-membered cyclic amide) rings is 1. The fourth-order valence-electron chi connectivity index (χ4n) is 5.06. The minimum absolute atomic E-state index is 0.0392. The Labute approximate surface area is 245 Å². The number of carboxylic acids is 1. The van der Waals surface area contributed by atoms with Crippen LogP contribution in [-0.2, 0) is 14.4 Å². The number of carboxylic acid groups (broad SMARTS) is 1. The largest absolute Gasteiger partial charge is 0.508 e. The Kier molecular flexibility index (Phi) is 7.65. The summed E-state index contributed by atoms with van der Waals surface area (Å²) in [7, 11) is 0. The minimum atomic E-state index is -1.24. The van der Waals surface area contributed by atoms with Crippen molar-refractivity contribution in [3.05, 3.63) is 95.6 Å². The molecule has 0 aromatic heterocycles. The summed E-state index contributed by atoms with van der Waals surface area (Å²) in [6, 6.07) is 17.2. The third-order valence-electron chi connectivity index (χ3n) is 7.18. The summed E-state index contributed by atoms with van der Waals surface area (Å²) in [5.41, 5.74) is 1.49. The number of thioether (sulfide) groups is 1. The Bertz CT molecular complexity index is 1540. The van der Waals surface area contributed by atoms with Crippen LogP contribution in [0.15, 0.2) is 78.9 Å². The molecule has 5 N–H and O–H groups in total. The van der Waals surface area contributed by atoms with E-state index < -0.39 is 51.9 Å². The molecule has 0 radical (unpaired) electrons. The SMILES string of the molecule is CC1(C)S[C@@H]2[C@H](NC(=O)C(NC(=O)c3ccc(C(=O)Nc4ccccc4)cc3)c3ccc(O)cc3)C(=O)N2[C@H]1C(=O)O. The number of phenols is 1. The van der Waals surface area contributed by atoms with E-state index in [4.69, 9.17) is 0 Å². The van der Waals surface area contributed by atoms with Crippen LogP contribution >= 0.6 is 11.8 Å². The molecule has 3 aromatic carbocycles. The molecule has 4 atom stereocenters. The van der Waals surface area contributed by atoms with E-state index in [0.717, 1.165) is 0 Å². The molecule has 0 spiro atoms. The molecule has 42 heavy (non-hydrogen) atoms. The first-order valence-electron chi connectivity index (χ1n) is 13.1. The molecule has 216 valence electrons. The predicted octanol–water partition coefficient (Wildman–Crippen LogP) is 2.75. The molecular formula is C30H28N4O7S. The van der Waals surface area contributed by atoms with Crippen LogP contribution in [0.5, 0.6) is 5.75 Å². The monoisotopic (exact) mass is 588 g/mol. The Morgan fingerprint density at radius 3 is 2.07 bits per heavy atom. The highest BCUT2D eigenvalue weighted by Gasteiger charge is 2.64. The van der Waals surface area contributed by atoms with Crippen LogP contribution in [0, 0.1) is 0 Å². The van der Waals surface area contributed by atoms with Crippen LogP contribution in [-0.4, -0.2) is 66.9 Å². The summed E-state index contributed by atoms with van der Waals surface area (Å²) in [5.74, 6) is -3.32. The van der Waals surface area contributed by atoms with Crippen molar-refractivity contribution < 1.29 is 34.2 Å². The van der Waals surface area contributed by atoms with Crippen LogP contribution in [0.1, 0.15) is 46.2 Å². The molecule has 11 nitrogen and oxygen atoms in total. The zero-order valence-electron chi connectivity index (χ0n) is 22.6. The normalized spacial score (nSPS) is 21.0. The van der Waals surface area contributed by atoms with Crippen molar-refractivity contribution in [2.45, 2.75) is 42.1 Å². The maximum Gasteiger partial charge on any atom is 0.327 e. The van der Waals surface area contributed by atoms with E-state index in [1.807, 2.05) is 6.07 Å². The van der Waals surface area contributed by atoms with Crippen molar-refractivity contribution >= 4 is 47.0 Å². The average molecular weight is 589 g/mol. The van der Waals surface area contributed by atoms with Crippen LogP contribution in [0.25, 0.3) is 0 Å². The zero-order chi connectivity index (χ0) is 30.2. The van der Waals surface area contributed by atoms with Crippen molar-refractivity contribution in [2.75, 3.05) is 5.32 Å². The number of nitrogens with one attached hydrogen (secondary N) is 3. The van der Waals surface area contributed by atoms with Gasteiger partial charge in [0, 0.05) is 21.6 Å². The first kappa shape index (κ1) is 28.7. The quantitative estimate of drug-likeness (QED) is 0.251. The molecule has 0 saturated carbocycles. The summed E-state index contributed by atoms with van der Waals surface area (Å²) in [6.07, 6.45) is 0. The summed E-state index contributed by atoms with van der Waals surface area (Å²) < 4.78 is -0.764. The van der Waals surface area contributed by atoms with E-state index in [-0.39, 0.29) is 17.2 Å². The standard InChI is InChI=1S/C30H28N4O7S/c1-30(2)23(29(40)41)34-27(39)22(28(34)42-30)33-26(38)21(16-12-14-20(35)15-13-16)32-25(37)18-10-8-17(9-11-18)24(36)31-19-6-4-3-5-7-19/h3-15,21-23,28,35H,1-2H3,(H,31,36)(H,32,37)(H,33,38)(H,40,41)/t21?,22-,23+,28-/m1/s1. The molecule has 0 bridgehead atoms. The number of carbonyl (C=O) groups excluding carboxylic acids is 4. The van der Waals surface area contributed by atoms with E-state index in [9.17, 15) is 34.2 Å². The number of benzene rings is 3. The number of fused-ring (bicyclic) bond motifs is 1. The fraction of sp³-hybridized carbons (Fsp3) is 0.233. The molecule has 3 aromatic rings. The van der Waals surface area contributed by atoms with Crippen LogP contribution < -0.4 is 16.0 Å². The Morgan fingerprint density at radius 1 is 0.881 bits per heavy atom. The lowest BCUT2D eigenvalue weighted by molar-refractivity contribution is -0.161. The van der Waals surface area contributed by atoms with Gasteiger partial charge in [0.1, 0.15) is 29.2 Å². The smallest absolute Gasteiger partial charge is 0.327 e. The third kappa shape index (κ3) is 5.53. The number of aromatic hydroxyl groups is 1. The van der Waals surface area contributed by atoms with E-state index in [0.29, 0.717) is 16.8 Å². The predicted molar refractivity (Wildman–Crippen MR) is 155 cm³/mol. The molecule has 2 aliphatic heterocycles. The molecule has 0 aliphatic carbocycles. The summed E-state index contributed by atoms with van der Waals surface area (Å²) >= 11 is 1.29. The second kappa shape index (κ2) is 11.2. The average Bonchev–Trinajstić information content (AvgIpc) is 3.23. The van der Waals surface area contributed by atoms with E-state index >= 15 is 0 Å². The number of anilines is 1. The third-order valence-corrected chi connectivity index (χ3v) is 8.75. The van der Waals surface area contributed by atoms with Crippen LogP contribution in [0.4, 0.5) is 5.69 Å². The molecule has 2 fully saturated rings. The van der Waals surface area contributed by atoms with Gasteiger partial charge in [-0.15, -0.1) is 11.8 Å². The topological polar surface area (TPSA) is 165 Å². The van der Waals surface area contributed by atoms with Gasteiger partial charge in [0.25, 0.3) is 11.8 Å². The van der Waals surface area contributed by atoms with Gasteiger partial charge in [0.15, 0.2) is 0 Å². The van der Waals surface area contributed by atoms with Crippen LogP contribution in [0.3, 0.4) is 0 Å². The molecular weight excluding hydrogens is 560 g/mol. The Morgan fingerprint density at radius 2 is 1.48 bits per heavy atom. The van der Waals surface area contributed by atoms with Gasteiger partial charge >= 0.3 is 5.97 Å². The lowest BCUT2D eigenvalue weighted by Crippen LogP contribution is -2.71. The Hall–Kier alpha value is -4.84. The van der Waals surface area contributed by atoms with Gasteiger partial charge in [-0.3, -0.25) is 19.2 Å². The van der Waals surface area contributed by atoms with Crippen LogP contribution in [0.2, 0.25) is 0 Å². The molecule has 5 rings (SSSR count). The minimum Gasteiger partial charge on any atom is -0.508 e. The lowest BCUT2D eigenvalue weighted by Gasteiger charge is -2.44. The molecule has 2 heterocycles.